The van der Waals surface area contributed by atoms with Crippen LogP contribution in [-0.4, -0.2) is 41.6 Å². The maximum absolute atomic E-state index is 13.7. The van der Waals surface area contributed by atoms with E-state index in [-0.39, 0.29) is 17.8 Å². The van der Waals surface area contributed by atoms with Crippen LogP contribution >= 0.6 is 11.3 Å². The molecular formula is C18H21FN2O2S. The molecule has 0 aliphatic carbocycles. The molecule has 2 heterocycles. The zero-order valence-corrected chi connectivity index (χ0v) is 14.5. The summed E-state index contributed by atoms with van der Waals surface area (Å²) >= 11 is 1.40. The molecule has 3 rings (SSSR count). The Morgan fingerprint density at radius 1 is 1.46 bits per heavy atom. The largest absolute Gasteiger partial charge is 0.376 e. The highest BCUT2D eigenvalue weighted by Crippen LogP contribution is 2.19. The number of rotatable bonds is 6. The first-order valence-corrected chi connectivity index (χ1v) is 9.14. The lowest BCUT2D eigenvalue weighted by atomic mass is 10.1. The first kappa shape index (κ1) is 17.0. The summed E-state index contributed by atoms with van der Waals surface area (Å²) in [6, 6.07) is 6.65. The van der Waals surface area contributed by atoms with Gasteiger partial charge >= 0.3 is 0 Å². The minimum Gasteiger partial charge on any atom is -0.376 e. The predicted octanol–water partition coefficient (Wildman–Crippen LogP) is 3.51. The van der Waals surface area contributed by atoms with E-state index in [0.29, 0.717) is 30.8 Å². The Morgan fingerprint density at radius 3 is 3.00 bits per heavy atom. The fourth-order valence-corrected chi connectivity index (χ4v) is 3.64. The van der Waals surface area contributed by atoms with Crippen molar-refractivity contribution in [3.8, 4) is 0 Å². The number of amides is 1. The molecule has 24 heavy (non-hydrogen) atoms. The lowest BCUT2D eigenvalue weighted by Gasteiger charge is -2.23. The molecule has 0 radical (unpaired) electrons. The molecule has 1 amide bonds. The Kier molecular flexibility index (Phi) is 5.58. The molecule has 4 nitrogen and oxygen atoms in total. The molecule has 1 aliphatic rings. The summed E-state index contributed by atoms with van der Waals surface area (Å²) in [4.78, 5) is 18.8. The number of hydrogen-bond donors (Lipinski definition) is 0. The van der Waals surface area contributed by atoms with Crippen LogP contribution in [0.2, 0.25) is 0 Å². The highest BCUT2D eigenvalue weighted by molar-refractivity contribution is 7.09. The second kappa shape index (κ2) is 7.85. The van der Waals surface area contributed by atoms with E-state index in [9.17, 15) is 9.18 Å². The third-order valence-corrected chi connectivity index (χ3v) is 5.04. The fourth-order valence-electron chi connectivity index (χ4n) is 2.85. The molecule has 0 N–H and O–H groups in total. The van der Waals surface area contributed by atoms with Crippen LogP contribution in [-0.2, 0) is 11.2 Å². The monoisotopic (exact) mass is 348 g/mol. The topological polar surface area (TPSA) is 42.4 Å². The van der Waals surface area contributed by atoms with E-state index in [1.807, 2.05) is 6.92 Å². The van der Waals surface area contributed by atoms with Crippen LogP contribution in [0, 0.1) is 5.82 Å². The first-order valence-electron chi connectivity index (χ1n) is 8.26. The van der Waals surface area contributed by atoms with Crippen molar-refractivity contribution in [1.29, 1.82) is 0 Å². The van der Waals surface area contributed by atoms with Crippen molar-refractivity contribution in [3.05, 3.63) is 51.7 Å². The number of benzene rings is 1. The molecule has 1 aliphatic heterocycles. The van der Waals surface area contributed by atoms with Crippen molar-refractivity contribution in [2.45, 2.75) is 32.3 Å². The van der Waals surface area contributed by atoms with Gasteiger partial charge in [0.05, 0.1) is 11.1 Å². The number of hydrogen-bond acceptors (Lipinski definition) is 4. The van der Waals surface area contributed by atoms with Crippen LogP contribution in [0.15, 0.2) is 29.6 Å². The lowest BCUT2D eigenvalue weighted by Crippen LogP contribution is -2.37. The normalized spacial score (nSPS) is 17.2. The molecule has 1 aromatic carbocycles. The highest BCUT2D eigenvalue weighted by Gasteiger charge is 2.23. The SMILES string of the molecule is CCN(C[C@H]1CCCO1)C(=O)c1csc(Cc2ccccc2F)n1. The van der Waals surface area contributed by atoms with Gasteiger partial charge in [-0.15, -0.1) is 11.3 Å². The van der Waals surface area contributed by atoms with Gasteiger partial charge in [-0.1, -0.05) is 18.2 Å². The van der Waals surface area contributed by atoms with Gasteiger partial charge in [0.1, 0.15) is 11.5 Å². The van der Waals surface area contributed by atoms with E-state index in [4.69, 9.17) is 4.74 Å². The molecular weight excluding hydrogens is 327 g/mol. The summed E-state index contributed by atoms with van der Waals surface area (Å²) in [7, 11) is 0. The van der Waals surface area contributed by atoms with Gasteiger partial charge in [-0.05, 0) is 31.4 Å². The van der Waals surface area contributed by atoms with Crippen LogP contribution in [0.25, 0.3) is 0 Å². The number of carbonyl (C=O) groups is 1. The Bertz CT molecular complexity index is 698. The van der Waals surface area contributed by atoms with Crippen LogP contribution in [0.3, 0.4) is 0 Å². The summed E-state index contributed by atoms with van der Waals surface area (Å²) in [5.41, 5.74) is 1.03. The molecule has 1 saturated heterocycles. The van der Waals surface area contributed by atoms with Crippen molar-refractivity contribution in [2.24, 2.45) is 0 Å². The molecule has 1 atom stereocenters. The number of likely N-dealkylation sites (N-methyl/N-ethyl adjacent to an activating group) is 1. The Hall–Kier alpha value is -1.79. The van der Waals surface area contributed by atoms with Crippen LogP contribution in [0.4, 0.5) is 4.39 Å². The van der Waals surface area contributed by atoms with E-state index in [2.05, 4.69) is 4.98 Å². The molecule has 0 unspecified atom stereocenters. The smallest absolute Gasteiger partial charge is 0.273 e. The minimum absolute atomic E-state index is 0.0796. The summed E-state index contributed by atoms with van der Waals surface area (Å²) < 4.78 is 19.4. The number of halogens is 1. The summed E-state index contributed by atoms with van der Waals surface area (Å²) in [6.45, 7) is 3.97. The molecule has 0 saturated carbocycles. The minimum atomic E-state index is -0.242. The standard InChI is InChI=1S/C18H21FN2O2S/c1-2-21(11-14-7-5-9-23-14)18(22)16-12-24-17(20-16)10-13-6-3-4-8-15(13)19/h3-4,6,8,12,14H,2,5,7,9-11H2,1H3/t14-/m1/s1. The molecule has 2 aromatic rings. The molecule has 128 valence electrons. The van der Waals surface area contributed by atoms with Gasteiger partial charge in [0.25, 0.3) is 5.91 Å². The molecule has 1 aromatic heterocycles. The summed E-state index contributed by atoms with van der Waals surface area (Å²) in [6.07, 6.45) is 2.59. The number of nitrogens with zero attached hydrogens (tertiary/aromatic N) is 2. The van der Waals surface area contributed by atoms with Gasteiger partial charge in [-0.2, -0.15) is 0 Å². The summed E-state index contributed by atoms with van der Waals surface area (Å²) in [5, 5.41) is 2.51. The first-order chi connectivity index (χ1) is 11.7. The van der Waals surface area contributed by atoms with Gasteiger partial charge < -0.3 is 9.64 Å². The lowest BCUT2D eigenvalue weighted by molar-refractivity contribution is 0.0535. The number of aromatic nitrogens is 1. The average molecular weight is 348 g/mol. The van der Waals surface area contributed by atoms with Crippen molar-refractivity contribution in [3.63, 3.8) is 0 Å². The Labute approximate surface area is 145 Å². The molecule has 0 spiro atoms. The zero-order chi connectivity index (χ0) is 16.9. The second-order valence-corrected chi connectivity index (χ2v) is 6.82. The van der Waals surface area contributed by atoms with Crippen LogP contribution in [0.1, 0.15) is 40.8 Å². The molecule has 0 bridgehead atoms. The maximum Gasteiger partial charge on any atom is 0.273 e. The Morgan fingerprint density at radius 2 is 2.29 bits per heavy atom. The fraction of sp³-hybridized carbons (Fsp3) is 0.444. The van der Waals surface area contributed by atoms with Crippen LogP contribution < -0.4 is 0 Å². The Balaban J connectivity index is 1.67. The number of carbonyl (C=O) groups excluding carboxylic acids is 1. The van der Waals surface area contributed by atoms with Crippen LogP contribution in [0.5, 0.6) is 0 Å². The average Bonchev–Trinajstić information content (AvgIpc) is 3.26. The number of thiazole rings is 1. The third-order valence-electron chi connectivity index (χ3n) is 4.19. The maximum atomic E-state index is 13.7. The second-order valence-electron chi connectivity index (χ2n) is 5.87. The van der Waals surface area contributed by atoms with Crippen molar-refractivity contribution < 1.29 is 13.9 Å². The highest BCUT2D eigenvalue weighted by atomic mass is 32.1. The van der Waals surface area contributed by atoms with Crippen molar-refractivity contribution in [2.75, 3.05) is 19.7 Å². The van der Waals surface area contributed by atoms with Gasteiger partial charge in [-0.3, -0.25) is 4.79 Å². The zero-order valence-electron chi connectivity index (χ0n) is 13.7. The van der Waals surface area contributed by atoms with Gasteiger partial charge in [-0.25, -0.2) is 9.37 Å². The van der Waals surface area contributed by atoms with E-state index < -0.39 is 0 Å². The molecule has 1 fully saturated rings. The van der Waals surface area contributed by atoms with Gasteiger partial charge in [0.15, 0.2) is 0 Å². The van der Waals surface area contributed by atoms with E-state index in [1.54, 1.807) is 28.5 Å². The van der Waals surface area contributed by atoms with Gasteiger partial charge in [0.2, 0.25) is 0 Å². The predicted molar refractivity (Wildman–Crippen MR) is 91.9 cm³/mol. The quantitative estimate of drug-likeness (QED) is 0.802. The van der Waals surface area contributed by atoms with Gasteiger partial charge in [0, 0.05) is 31.5 Å². The third kappa shape index (κ3) is 3.99. The number of ether oxygens (including phenoxy) is 1. The molecule has 6 heteroatoms. The summed E-state index contributed by atoms with van der Waals surface area (Å²) in [5.74, 6) is -0.321. The van der Waals surface area contributed by atoms with E-state index in [1.165, 1.54) is 17.4 Å². The van der Waals surface area contributed by atoms with Crippen molar-refractivity contribution in [1.82, 2.24) is 9.88 Å². The van der Waals surface area contributed by atoms with Crippen molar-refractivity contribution >= 4 is 17.2 Å². The van der Waals surface area contributed by atoms with E-state index >= 15 is 0 Å². The van der Waals surface area contributed by atoms with E-state index in [0.717, 1.165) is 24.5 Å².